The van der Waals surface area contributed by atoms with Gasteiger partial charge in [-0.2, -0.15) is 0 Å². The molecule has 0 radical (unpaired) electrons. The molecular formula is C19H41N5O2. The molecule has 154 valence electrons. The quantitative estimate of drug-likeness (QED) is 0.318. The molecule has 0 aromatic rings. The van der Waals surface area contributed by atoms with Crippen molar-refractivity contribution in [2.45, 2.75) is 65.5 Å². The van der Waals surface area contributed by atoms with Crippen LogP contribution in [0.25, 0.3) is 0 Å². The van der Waals surface area contributed by atoms with Crippen LogP contribution in [0, 0.1) is 5.92 Å². The standard InChI is InChI=1S/C19H41N5O2/c1-15(2)7-6-10-23-19(26)17(20)8-9-18(25)22-12-14-24(5)13-11-21-16(3)4/h15-17,21H,6-14,20H2,1-5H3,(H,22,25)(H,23,26)/t17-/m0/s1. The largest absolute Gasteiger partial charge is 0.355 e. The first-order chi connectivity index (χ1) is 12.2. The fourth-order valence-corrected chi connectivity index (χ4v) is 2.40. The number of nitrogens with two attached hydrogens (primary N) is 1. The van der Waals surface area contributed by atoms with Gasteiger partial charge in [0.05, 0.1) is 6.04 Å². The summed E-state index contributed by atoms with van der Waals surface area (Å²) in [6.07, 6.45) is 2.69. The molecule has 5 N–H and O–H groups in total. The SMILES string of the molecule is CC(C)CCCNC(=O)[C@@H](N)CCC(=O)NCCN(C)CCNC(C)C. The maximum Gasteiger partial charge on any atom is 0.236 e. The third kappa shape index (κ3) is 15.1. The van der Waals surface area contributed by atoms with Crippen LogP contribution in [0.3, 0.4) is 0 Å². The average molecular weight is 372 g/mol. The highest BCUT2D eigenvalue weighted by Crippen LogP contribution is 2.02. The highest BCUT2D eigenvalue weighted by molar-refractivity contribution is 5.82. The zero-order valence-electron chi connectivity index (χ0n) is 17.4. The van der Waals surface area contributed by atoms with Gasteiger partial charge in [-0.3, -0.25) is 9.59 Å². The van der Waals surface area contributed by atoms with E-state index in [1.54, 1.807) is 0 Å². The second-order valence-corrected chi connectivity index (χ2v) is 7.73. The van der Waals surface area contributed by atoms with Crippen LogP contribution in [0.5, 0.6) is 0 Å². The number of carbonyl (C=O) groups is 2. The monoisotopic (exact) mass is 371 g/mol. The summed E-state index contributed by atoms with van der Waals surface area (Å²) in [7, 11) is 2.04. The van der Waals surface area contributed by atoms with Crippen LogP contribution in [0.2, 0.25) is 0 Å². The van der Waals surface area contributed by atoms with Gasteiger partial charge in [0, 0.05) is 45.2 Å². The average Bonchev–Trinajstić information content (AvgIpc) is 2.55. The lowest BCUT2D eigenvalue weighted by molar-refractivity contribution is -0.123. The second-order valence-electron chi connectivity index (χ2n) is 7.73. The van der Waals surface area contributed by atoms with Crippen molar-refractivity contribution >= 4 is 11.8 Å². The minimum atomic E-state index is -0.621. The lowest BCUT2D eigenvalue weighted by Crippen LogP contribution is -2.42. The van der Waals surface area contributed by atoms with Crippen molar-refractivity contribution in [3.8, 4) is 0 Å². The number of hydrogen-bond acceptors (Lipinski definition) is 5. The summed E-state index contributed by atoms with van der Waals surface area (Å²) >= 11 is 0. The van der Waals surface area contributed by atoms with Crippen molar-refractivity contribution in [1.82, 2.24) is 20.9 Å². The molecule has 0 aromatic heterocycles. The molecule has 0 saturated heterocycles. The van der Waals surface area contributed by atoms with E-state index in [2.05, 4.69) is 48.5 Å². The summed E-state index contributed by atoms with van der Waals surface area (Å²) in [6, 6.07) is -0.135. The molecule has 2 amide bonds. The molecule has 0 spiro atoms. The summed E-state index contributed by atoms with van der Waals surface area (Å²) in [4.78, 5) is 25.9. The van der Waals surface area contributed by atoms with E-state index in [1.165, 1.54) is 0 Å². The molecule has 0 aliphatic carbocycles. The van der Waals surface area contributed by atoms with E-state index in [-0.39, 0.29) is 18.2 Å². The lowest BCUT2D eigenvalue weighted by atomic mass is 10.1. The van der Waals surface area contributed by atoms with Crippen molar-refractivity contribution < 1.29 is 9.59 Å². The number of nitrogens with one attached hydrogen (secondary N) is 3. The number of likely N-dealkylation sites (N-methyl/N-ethyl adjacent to an activating group) is 1. The van der Waals surface area contributed by atoms with Gasteiger partial charge in [-0.1, -0.05) is 27.7 Å². The van der Waals surface area contributed by atoms with Crippen LogP contribution >= 0.6 is 0 Å². The van der Waals surface area contributed by atoms with E-state index in [0.717, 1.165) is 32.5 Å². The maximum absolute atomic E-state index is 11.9. The zero-order valence-corrected chi connectivity index (χ0v) is 17.4. The molecular weight excluding hydrogens is 330 g/mol. The summed E-state index contributed by atoms with van der Waals surface area (Å²) in [5, 5.41) is 9.08. The van der Waals surface area contributed by atoms with Crippen LogP contribution in [0.15, 0.2) is 0 Å². The Bertz CT molecular complexity index is 388. The number of rotatable bonds is 15. The summed E-state index contributed by atoms with van der Waals surface area (Å²) < 4.78 is 0. The summed E-state index contributed by atoms with van der Waals surface area (Å²) in [6.45, 7) is 12.5. The van der Waals surface area contributed by atoms with E-state index >= 15 is 0 Å². The van der Waals surface area contributed by atoms with Crippen LogP contribution in [0.1, 0.15) is 53.4 Å². The smallest absolute Gasteiger partial charge is 0.236 e. The summed E-state index contributed by atoms with van der Waals surface area (Å²) in [5.74, 6) is 0.412. The minimum Gasteiger partial charge on any atom is -0.355 e. The van der Waals surface area contributed by atoms with E-state index in [9.17, 15) is 9.59 Å². The van der Waals surface area contributed by atoms with Gasteiger partial charge in [0.1, 0.15) is 0 Å². The maximum atomic E-state index is 11.9. The fraction of sp³-hybridized carbons (Fsp3) is 0.895. The molecule has 0 heterocycles. The molecule has 0 saturated carbocycles. The minimum absolute atomic E-state index is 0.0539. The fourth-order valence-electron chi connectivity index (χ4n) is 2.40. The lowest BCUT2D eigenvalue weighted by Gasteiger charge is -2.18. The van der Waals surface area contributed by atoms with Gasteiger partial charge in [-0.05, 0) is 32.2 Å². The number of hydrogen-bond donors (Lipinski definition) is 4. The Hall–Kier alpha value is -1.18. The Kier molecular flexibility index (Phi) is 14.3. The number of nitrogens with zero attached hydrogens (tertiary/aromatic N) is 1. The Morgan fingerprint density at radius 2 is 1.62 bits per heavy atom. The highest BCUT2D eigenvalue weighted by atomic mass is 16.2. The molecule has 7 heteroatoms. The Labute approximate surface area is 159 Å². The Morgan fingerprint density at radius 1 is 0.962 bits per heavy atom. The number of carbonyl (C=O) groups excluding carboxylic acids is 2. The van der Waals surface area contributed by atoms with Gasteiger partial charge in [0.15, 0.2) is 0 Å². The third-order valence-corrected chi connectivity index (χ3v) is 4.14. The first kappa shape index (κ1) is 24.8. The molecule has 7 nitrogen and oxygen atoms in total. The van der Waals surface area contributed by atoms with Crippen molar-refractivity contribution in [3.05, 3.63) is 0 Å². The molecule has 0 aliphatic heterocycles. The topological polar surface area (TPSA) is 99.5 Å². The van der Waals surface area contributed by atoms with Crippen molar-refractivity contribution in [2.24, 2.45) is 11.7 Å². The van der Waals surface area contributed by atoms with Gasteiger partial charge < -0.3 is 26.6 Å². The van der Waals surface area contributed by atoms with E-state index in [4.69, 9.17) is 5.73 Å². The predicted molar refractivity (Wildman–Crippen MR) is 108 cm³/mol. The van der Waals surface area contributed by atoms with Crippen molar-refractivity contribution in [1.29, 1.82) is 0 Å². The van der Waals surface area contributed by atoms with Crippen LogP contribution in [0.4, 0.5) is 0 Å². The van der Waals surface area contributed by atoms with Gasteiger partial charge >= 0.3 is 0 Å². The molecule has 0 bridgehead atoms. The molecule has 0 aliphatic rings. The Morgan fingerprint density at radius 3 is 2.23 bits per heavy atom. The van der Waals surface area contributed by atoms with Crippen molar-refractivity contribution in [3.63, 3.8) is 0 Å². The molecule has 26 heavy (non-hydrogen) atoms. The van der Waals surface area contributed by atoms with E-state index < -0.39 is 6.04 Å². The number of amides is 2. The normalized spacial score (nSPS) is 12.7. The molecule has 0 aromatic carbocycles. The first-order valence-electron chi connectivity index (χ1n) is 9.94. The highest BCUT2D eigenvalue weighted by Gasteiger charge is 2.14. The molecule has 0 rings (SSSR count). The van der Waals surface area contributed by atoms with Gasteiger partial charge in [0.2, 0.25) is 11.8 Å². The van der Waals surface area contributed by atoms with E-state index in [0.29, 0.717) is 31.5 Å². The third-order valence-electron chi connectivity index (χ3n) is 4.14. The van der Waals surface area contributed by atoms with Crippen LogP contribution in [-0.4, -0.2) is 68.6 Å². The predicted octanol–water partition coefficient (Wildman–Crippen LogP) is 0.692. The van der Waals surface area contributed by atoms with Crippen LogP contribution in [-0.2, 0) is 9.59 Å². The van der Waals surface area contributed by atoms with Crippen LogP contribution < -0.4 is 21.7 Å². The van der Waals surface area contributed by atoms with Crippen molar-refractivity contribution in [2.75, 3.05) is 39.8 Å². The van der Waals surface area contributed by atoms with Gasteiger partial charge in [-0.15, -0.1) is 0 Å². The molecule has 0 unspecified atom stereocenters. The van der Waals surface area contributed by atoms with E-state index in [1.807, 2.05) is 7.05 Å². The first-order valence-corrected chi connectivity index (χ1v) is 9.94. The second kappa shape index (κ2) is 14.9. The van der Waals surface area contributed by atoms with Gasteiger partial charge in [0.25, 0.3) is 0 Å². The van der Waals surface area contributed by atoms with Gasteiger partial charge in [-0.25, -0.2) is 0 Å². The Balaban J connectivity index is 3.72. The molecule has 0 fully saturated rings. The summed E-state index contributed by atoms with van der Waals surface area (Å²) in [5.41, 5.74) is 5.86. The molecule has 1 atom stereocenters. The zero-order chi connectivity index (χ0) is 19.9.